The fourth-order valence-electron chi connectivity index (χ4n) is 1.38. The highest BCUT2D eigenvalue weighted by molar-refractivity contribution is 5.90. The van der Waals surface area contributed by atoms with Crippen molar-refractivity contribution in [3.8, 4) is 23.8 Å². The Hall–Kier alpha value is -2.90. The second-order valence-electron chi connectivity index (χ2n) is 3.49. The monoisotopic (exact) mass is 277 g/mol. The highest BCUT2D eigenvalue weighted by Gasteiger charge is 2.14. The van der Waals surface area contributed by atoms with E-state index in [4.69, 9.17) is 19.3 Å². The molecule has 0 spiro atoms. The second kappa shape index (κ2) is 5.83. The topological polar surface area (TPSA) is 104 Å². The van der Waals surface area contributed by atoms with Crippen LogP contribution in [0.2, 0.25) is 0 Å². The van der Waals surface area contributed by atoms with E-state index in [-0.39, 0.29) is 29.3 Å². The zero-order chi connectivity index (χ0) is 14.5. The number of hydrogen-bond acceptors (Lipinski definition) is 7. The van der Waals surface area contributed by atoms with Gasteiger partial charge in [-0.2, -0.15) is 0 Å². The van der Waals surface area contributed by atoms with E-state index in [2.05, 4.69) is 15.0 Å². The van der Waals surface area contributed by atoms with Crippen molar-refractivity contribution in [2.24, 2.45) is 0 Å². The number of benzene rings is 1. The lowest BCUT2D eigenvalue weighted by Gasteiger charge is -2.08. The van der Waals surface area contributed by atoms with Crippen molar-refractivity contribution in [1.29, 1.82) is 0 Å². The maximum atomic E-state index is 11.1. The number of methoxy groups -OCH3 is 2. The average molecular weight is 277 g/mol. The van der Waals surface area contributed by atoms with Gasteiger partial charge in [0.05, 0.1) is 14.2 Å². The van der Waals surface area contributed by atoms with Gasteiger partial charge < -0.3 is 19.3 Å². The predicted molar refractivity (Wildman–Crippen MR) is 66.4 cm³/mol. The number of para-hydroxylation sites is 1. The average Bonchev–Trinajstić information content (AvgIpc) is 2.47. The van der Waals surface area contributed by atoms with Crippen molar-refractivity contribution in [2.45, 2.75) is 0 Å². The number of carboxylic acid groups (broad SMARTS) is 1. The highest BCUT2D eigenvalue weighted by atomic mass is 16.5. The summed E-state index contributed by atoms with van der Waals surface area (Å²) in [5, 5.41) is 9.06. The molecule has 0 unspecified atom stereocenters. The van der Waals surface area contributed by atoms with E-state index in [9.17, 15) is 4.79 Å². The summed E-state index contributed by atoms with van der Waals surface area (Å²) in [7, 11) is 2.76. The predicted octanol–water partition coefficient (Wildman–Crippen LogP) is 1.38. The Morgan fingerprint density at radius 3 is 2.10 bits per heavy atom. The van der Waals surface area contributed by atoms with Gasteiger partial charge in [0.15, 0.2) is 0 Å². The molecular weight excluding hydrogens is 266 g/mol. The van der Waals surface area contributed by atoms with E-state index in [1.807, 2.05) is 0 Å². The van der Waals surface area contributed by atoms with Crippen molar-refractivity contribution in [2.75, 3.05) is 14.2 Å². The quantitative estimate of drug-likeness (QED) is 0.874. The first-order valence-electron chi connectivity index (χ1n) is 5.48. The maximum absolute atomic E-state index is 11.1. The number of ether oxygens (including phenoxy) is 3. The summed E-state index contributed by atoms with van der Waals surface area (Å²) < 4.78 is 15.1. The zero-order valence-electron chi connectivity index (χ0n) is 10.7. The first-order valence-corrected chi connectivity index (χ1v) is 5.48. The summed E-state index contributed by atoms with van der Waals surface area (Å²) in [4.78, 5) is 22.6. The van der Waals surface area contributed by atoms with Crippen molar-refractivity contribution < 1.29 is 24.1 Å². The van der Waals surface area contributed by atoms with E-state index >= 15 is 0 Å². The number of nitrogens with zero attached hydrogens (tertiary/aromatic N) is 3. The molecule has 0 aliphatic heterocycles. The van der Waals surface area contributed by atoms with Crippen LogP contribution in [-0.2, 0) is 0 Å². The van der Waals surface area contributed by atoms with Gasteiger partial charge in [-0.25, -0.2) is 4.79 Å². The standard InChI is InChI=1S/C12H11N3O5/c1-18-10-13-11(19-2)15-12(14-10)20-8-6-4-3-5-7(8)9(16)17/h3-6H,1-2H3,(H,16,17). The fourth-order valence-corrected chi connectivity index (χ4v) is 1.38. The highest BCUT2D eigenvalue weighted by Crippen LogP contribution is 2.24. The Labute approximate surface area is 114 Å². The molecule has 8 heteroatoms. The number of aromatic nitrogens is 3. The Morgan fingerprint density at radius 2 is 1.55 bits per heavy atom. The zero-order valence-corrected chi connectivity index (χ0v) is 10.7. The van der Waals surface area contributed by atoms with E-state index in [0.717, 1.165) is 0 Å². The molecule has 0 amide bonds. The summed E-state index contributed by atoms with van der Waals surface area (Å²) in [6, 6.07) is 6.00. The lowest BCUT2D eigenvalue weighted by Crippen LogP contribution is -2.04. The molecule has 0 atom stereocenters. The van der Waals surface area contributed by atoms with Crippen LogP contribution in [0.25, 0.3) is 0 Å². The summed E-state index contributed by atoms with van der Waals surface area (Å²) in [5.74, 6) is -1.01. The molecule has 0 aliphatic rings. The van der Waals surface area contributed by atoms with Gasteiger partial charge in [0, 0.05) is 0 Å². The molecule has 104 valence electrons. The molecule has 1 aromatic carbocycles. The van der Waals surface area contributed by atoms with Crippen LogP contribution in [0.5, 0.6) is 23.8 Å². The molecule has 1 heterocycles. The summed E-state index contributed by atoms with van der Waals surface area (Å²) >= 11 is 0. The number of hydrogen-bond donors (Lipinski definition) is 1. The van der Waals surface area contributed by atoms with Crippen LogP contribution in [0.1, 0.15) is 10.4 Å². The van der Waals surface area contributed by atoms with Crippen LogP contribution in [-0.4, -0.2) is 40.2 Å². The van der Waals surface area contributed by atoms with Crippen molar-refractivity contribution in [1.82, 2.24) is 15.0 Å². The molecular formula is C12H11N3O5. The molecule has 0 fully saturated rings. The first-order chi connectivity index (χ1) is 9.63. The van der Waals surface area contributed by atoms with Crippen LogP contribution >= 0.6 is 0 Å². The number of carboxylic acids is 1. The van der Waals surface area contributed by atoms with Crippen molar-refractivity contribution >= 4 is 5.97 Å². The molecule has 0 saturated heterocycles. The third-order valence-electron chi connectivity index (χ3n) is 2.26. The molecule has 0 bridgehead atoms. The first kappa shape index (κ1) is 13.5. The van der Waals surface area contributed by atoms with Crippen LogP contribution in [0.3, 0.4) is 0 Å². The van der Waals surface area contributed by atoms with Crippen LogP contribution in [0, 0.1) is 0 Å². The smallest absolute Gasteiger partial charge is 0.339 e. The van der Waals surface area contributed by atoms with E-state index in [1.54, 1.807) is 12.1 Å². The Bertz CT molecular complexity index is 610. The van der Waals surface area contributed by atoms with Crippen molar-refractivity contribution in [3.05, 3.63) is 29.8 Å². The molecule has 0 aliphatic carbocycles. The summed E-state index contributed by atoms with van der Waals surface area (Å²) in [6.45, 7) is 0. The third kappa shape index (κ3) is 2.91. The number of rotatable bonds is 5. The fraction of sp³-hybridized carbons (Fsp3) is 0.167. The van der Waals surface area contributed by atoms with Gasteiger partial charge in [-0.15, -0.1) is 15.0 Å². The van der Waals surface area contributed by atoms with Crippen LogP contribution in [0.4, 0.5) is 0 Å². The largest absolute Gasteiger partial charge is 0.478 e. The normalized spacial score (nSPS) is 9.90. The van der Waals surface area contributed by atoms with Gasteiger partial charge in [-0.05, 0) is 12.1 Å². The lowest BCUT2D eigenvalue weighted by atomic mass is 10.2. The van der Waals surface area contributed by atoms with Gasteiger partial charge in [0.1, 0.15) is 11.3 Å². The number of aromatic carboxylic acids is 1. The van der Waals surface area contributed by atoms with Crippen LogP contribution in [0.15, 0.2) is 24.3 Å². The Balaban J connectivity index is 2.37. The van der Waals surface area contributed by atoms with E-state index in [1.165, 1.54) is 26.4 Å². The molecule has 0 radical (unpaired) electrons. The van der Waals surface area contributed by atoms with Gasteiger partial charge in [0.25, 0.3) is 0 Å². The maximum Gasteiger partial charge on any atom is 0.339 e. The van der Waals surface area contributed by atoms with Crippen LogP contribution < -0.4 is 14.2 Å². The minimum absolute atomic E-state index is 0.000318. The van der Waals surface area contributed by atoms with Gasteiger partial charge in [0.2, 0.25) is 0 Å². The Morgan fingerprint density at radius 1 is 1.00 bits per heavy atom. The van der Waals surface area contributed by atoms with Gasteiger partial charge >= 0.3 is 24.0 Å². The lowest BCUT2D eigenvalue weighted by molar-refractivity contribution is 0.0694. The second-order valence-corrected chi connectivity index (χ2v) is 3.49. The third-order valence-corrected chi connectivity index (χ3v) is 2.26. The van der Waals surface area contributed by atoms with Gasteiger partial charge in [-0.1, -0.05) is 12.1 Å². The van der Waals surface area contributed by atoms with E-state index < -0.39 is 5.97 Å². The molecule has 1 N–H and O–H groups in total. The summed E-state index contributed by atoms with van der Waals surface area (Å²) in [5.41, 5.74) is -0.00848. The minimum Gasteiger partial charge on any atom is -0.478 e. The van der Waals surface area contributed by atoms with E-state index in [0.29, 0.717) is 0 Å². The number of carbonyl (C=O) groups is 1. The minimum atomic E-state index is -1.12. The van der Waals surface area contributed by atoms with Gasteiger partial charge in [-0.3, -0.25) is 0 Å². The SMILES string of the molecule is COc1nc(OC)nc(Oc2ccccc2C(=O)O)n1. The molecule has 2 rings (SSSR count). The molecule has 20 heavy (non-hydrogen) atoms. The molecule has 1 aromatic heterocycles. The molecule has 2 aromatic rings. The molecule has 8 nitrogen and oxygen atoms in total. The Kier molecular flexibility index (Phi) is 3.94. The van der Waals surface area contributed by atoms with Crippen molar-refractivity contribution in [3.63, 3.8) is 0 Å². The summed E-state index contributed by atoms with van der Waals surface area (Å²) in [6.07, 6.45) is 0. The molecule has 0 saturated carbocycles.